The zero-order chi connectivity index (χ0) is 13.4. The van der Waals surface area contributed by atoms with E-state index in [9.17, 15) is 9.59 Å². The topological polar surface area (TPSA) is 76.5 Å². The second kappa shape index (κ2) is 4.24. The van der Waals surface area contributed by atoms with Crippen LogP contribution < -0.4 is 5.56 Å². The van der Waals surface area contributed by atoms with Gasteiger partial charge < -0.3 is 9.72 Å². The van der Waals surface area contributed by atoms with E-state index in [1.54, 1.807) is 17.4 Å². The van der Waals surface area contributed by atoms with Gasteiger partial charge in [0.2, 0.25) is 5.65 Å². The summed E-state index contributed by atoms with van der Waals surface area (Å²) in [7, 11) is 0. The van der Waals surface area contributed by atoms with Gasteiger partial charge in [-0.05, 0) is 19.1 Å². The van der Waals surface area contributed by atoms with Crippen LogP contribution in [0.1, 0.15) is 17.4 Å². The van der Waals surface area contributed by atoms with Gasteiger partial charge in [0.05, 0.1) is 17.6 Å². The molecule has 0 saturated heterocycles. The van der Waals surface area contributed by atoms with Gasteiger partial charge in [-0.2, -0.15) is 0 Å². The number of carbonyl (C=O) groups is 1. The number of H-pyrrole nitrogens is 1. The highest BCUT2D eigenvalue weighted by molar-refractivity contribution is 5.89. The van der Waals surface area contributed by atoms with E-state index in [1.807, 2.05) is 18.2 Å². The van der Waals surface area contributed by atoms with Gasteiger partial charge in [0.1, 0.15) is 0 Å². The molecule has 6 heteroatoms. The first-order valence-electron chi connectivity index (χ1n) is 5.88. The molecule has 2 aromatic heterocycles. The van der Waals surface area contributed by atoms with E-state index in [4.69, 9.17) is 4.74 Å². The van der Waals surface area contributed by atoms with Crippen LogP contribution in [-0.4, -0.2) is 26.9 Å². The number of hydrogen-bond donors (Lipinski definition) is 1. The minimum atomic E-state index is -0.533. The number of esters is 1. The lowest BCUT2D eigenvalue weighted by atomic mass is 10.3. The molecule has 0 amide bonds. The Hall–Kier alpha value is -2.63. The molecule has 3 aromatic rings. The average molecular weight is 257 g/mol. The number of ether oxygens (including phenoxy) is 1. The van der Waals surface area contributed by atoms with E-state index in [1.165, 1.54) is 6.20 Å². The SMILES string of the molecule is CCOC(=O)c1cn2c(n1)c(=O)[nH]c1ccccc12. The van der Waals surface area contributed by atoms with Crippen molar-refractivity contribution in [2.75, 3.05) is 6.61 Å². The molecule has 0 aliphatic rings. The molecule has 3 rings (SSSR count). The van der Waals surface area contributed by atoms with Crippen molar-refractivity contribution in [2.45, 2.75) is 6.92 Å². The Morgan fingerprint density at radius 2 is 2.21 bits per heavy atom. The maximum atomic E-state index is 11.9. The lowest BCUT2D eigenvalue weighted by molar-refractivity contribution is 0.0520. The number of nitrogens with zero attached hydrogens (tertiary/aromatic N) is 2. The summed E-state index contributed by atoms with van der Waals surface area (Å²) in [6.45, 7) is 1.99. The molecule has 0 aliphatic carbocycles. The third kappa shape index (κ3) is 1.77. The largest absolute Gasteiger partial charge is 0.461 e. The molecular formula is C13H11N3O3. The van der Waals surface area contributed by atoms with Crippen molar-refractivity contribution >= 4 is 22.6 Å². The first kappa shape index (κ1) is 11.5. The lowest BCUT2D eigenvalue weighted by Crippen LogP contribution is -2.10. The van der Waals surface area contributed by atoms with Crippen LogP contribution in [0.4, 0.5) is 0 Å². The molecule has 19 heavy (non-hydrogen) atoms. The molecule has 0 saturated carbocycles. The van der Waals surface area contributed by atoms with Crippen molar-refractivity contribution in [2.24, 2.45) is 0 Å². The molecule has 0 atom stereocenters. The zero-order valence-corrected chi connectivity index (χ0v) is 10.2. The monoisotopic (exact) mass is 257 g/mol. The van der Waals surface area contributed by atoms with Gasteiger partial charge in [-0.25, -0.2) is 9.78 Å². The second-order valence-electron chi connectivity index (χ2n) is 4.01. The van der Waals surface area contributed by atoms with Crippen LogP contribution in [0.5, 0.6) is 0 Å². The lowest BCUT2D eigenvalue weighted by Gasteiger charge is -1.99. The van der Waals surface area contributed by atoms with Crippen LogP contribution in [0, 0.1) is 0 Å². The predicted molar refractivity (Wildman–Crippen MR) is 69.3 cm³/mol. The fourth-order valence-corrected chi connectivity index (χ4v) is 2.00. The van der Waals surface area contributed by atoms with Crippen molar-refractivity contribution in [3.05, 3.63) is 46.5 Å². The number of aromatic amines is 1. The molecule has 1 aromatic carbocycles. The summed E-state index contributed by atoms with van der Waals surface area (Å²) in [5.74, 6) is -0.533. The second-order valence-corrected chi connectivity index (χ2v) is 4.01. The Morgan fingerprint density at radius 3 is 3.00 bits per heavy atom. The summed E-state index contributed by atoms with van der Waals surface area (Å²) < 4.78 is 6.48. The number of fused-ring (bicyclic) bond motifs is 3. The van der Waals surface area contributed by atoms with Gasteiger partial charge in [0.25, 0.3) is 5.56 Å². The molecule has 0 aliphatic heterocycles. The van der Waals surface area contributed by atoms with E-state index in [-0.39, 0.29) is 23.5 Å². The van der Waals surface area contributed by atoms with Crippen LogP contribution in [0.3, 0.4) is 0 Å². The molecule has 6 nitrogen and oxygen atoms in total. The number of rotatable bonds is 2. The van der Waals surface area contributed by atoms with Gasteiger partial charge in [0.15, 0.2) is 5.69 Å². The Morgan fingerprint density at radius 1 is 1.42 bits per heavy atom. The summed E-state index contributed by atoms with van der Waals surface area (Å²) in [6.07, 6.45) is 1.52. The van der Waals surface area contributed by atoms with Crippen LogP contribution in [-0.2, 0) is 4.74 Å². The first-order valence-corrected chi connectivity index (χ1v) is 5.88. The molecule has 96 valence electrons. The third-order valence-corrected chi connectivity index (χ3v) is 2.81. The standard InChI is InChI=1S/C13H11N3O3/c1-2-19-13(18)9-7-16-10-6-4-3-5-8(10)15-12(17)11(16)14-9/h3-7H,2H2,1H3,(H,15,17). The Bertz CT molecular complexity index is 832. The summed E-state index contributed by atoms with van der Waals surface area (Å²) in [6, 6.07) is 7.31. The summed E-state index contributed by atoms with van der Waals surface area (Å²) in [5.41, 5.74) is 1.44. The van der Waals surface area contributed by atoms with Crippen molar-refractivity contribution in [1.29, 1.82) is 0 Å². The smallest absolute Gasteiger partial charge is 0.358 e. The fraction of sp³-hybridized carbons (Fsp3) is 0.154. The van der Waals surface area contributed by atoms with Gasteiger partial charge in [-0.3, -0.25) is 9.20 Å². The average Bonchev–Trinajstić information content (AvgIpc) is 2.85. The van der Waals surface area contributed by atoms with Crippen LogP contribution >= 0.6 is 0 Å². The number of aromatic nitrogens is 3. The van der Waals surface area contributed by atoms with Gasteiger partial charge in [0, 0.05) is 6.20 Å². The van der Waals surface area contributed by atoms with Gasteiger partial charge >= 0.3 is 5.97 Å². The molecule has 2 heterocycles. The first-order chi connectivity index (χ1) is 9.20. The molecule has 0 unspecified atom stereocenters. The van der Waals surface area contributed by atoms with E-state index < -0.39 is 5.97 Å². The number of nitrogens with one attached hydrogen (secondary N) is 1. The number of carbonyl (C=O) groups excluding carboxylic acids is 1. The highest BCUT2D eigenvalue weighted by atomic mass is 16.5. The molecule has 0 fully saturated rings. The maximum absolute atomic E-state index is 11.9. The number of hydrogen-bond acceptors (Lipinski definition) is 4. The molecule has 0 radical (unpaired) electrons. The molecule has 1 N–H and O–H groups in total. The van der Waals surface area contributed by atoms with E-state index >= 15 is 0 Å². The van der Waals surface area contributed by atoms with Crippen LogP contribution in [0.2, 0.25) is 0 Å². The van der Waals surface area contributed by atoms with Gasteiger partial charge in [-0.1, -0.05) is 12.1 Å². The Kier molecular flexibility index (Phi) is 2.56. The predicted octanol–water partition coefficient (Wildman–Crippen LogP) is 1.35. The Labute approximate surface area is 107 Å². The summed E-state index contributed by atoms with van der Waals surface area (Å²) in [5, 5.41) is 0. The zero-order valence-electron chi connectivity index (χ0n) is 10.2. The normalized spacial score (nSPS) is 11.0. The van der Waals surface area contributed by atoms with Crippen molar-refractivity contribution in [3.63, 3.8) is 0 Å². The van der Waals surface area contributed by atoms with Crippen molar-refractivity contribution in [1.82, 2.24) is 14.4 Å². The maximum Gasteiger partial charge on any atom is 0.358 e. The number of para-hydroxylation sites is 2. The third-order valence-electron chi connectivity index (χ3n) is 2.81. The quantitative estimate of drug-likeness (QED) is 0.703. The molecule has 0 spiro atoms. The highest BCUT2D eigenvalue weighted by Gasteiger charge is 2.14. The van der Waals surface area contributed by atoms with Crippen LogP contribution in [0.25, 0.3) is 16.7 Å². The highest BCUT2D eigenvalue weighted by Crippen LogP contribution is 2.12. The van der Waals surface area contributed by atoms with Crippen LogP contribution in [0.15, 0.2) is 35.3 Å². The van der Waals surface area contributed by atoms with Crippen molar-refractivity contribution < 1.29 is 9.53 Å². The molecule has 0 bridgehead atoms. The number of imidazole rings is 1. The summed E-state index contributed by atoms with van der Waals surface area (Å²) in [4.78, 5) is 30.3. The number of benzene rings is 1. The minimum Gasteiger partial charge on any atom is -0.461 e. The Balaban J connectivity index is 2.32. The van der Waals surface area contributed by atoms with Gasteiger partial charge in [-0.15, -0.1) is 0 Å². The van der Waals surface area contributed by atoms with E-state index in [0.717, 1.165) is 5.52 Å². The van der Waals surface area contributed by atoms with E-state index in [2.05, 4.69) is 9.97 Å². The van der Waals surface area contributed by atoms with E-state index in [0.29, 0.717) is 5.52 Å². The molecular weight excluding hydrogens is 246 g/mol. The summed E-state index contributed by atoms with van der Waals surface area (Å²) >= 11 is 0. The van der Waals surface area contributed by atoms with Crippen molar-refractivity contribution in [3.8, 4) is 0 Å². The minimum absolute atomic E-state index is 0.128. The fourth-order valence-electron chi connectivity index (χ4n) is 2.00.